The number of rotatable bonds is 4. The minimum atomic E-state index is -0.214. The first-order valence-electron chi connectivity index (χ1n) is 9.17. The molecule has 25 heavy (non-hydrogen) atoms. The van der Waals surface area contributed by atoms with Gasteiger partial charge in [-0.1, -0.05) is 12.1 Å². The van der Waals surface area contributed by atoms with E-state index in [2.05, 4.69) is 5.32 Å². The number of carbonyl (C=O) groups is 2. The first-order chi connectivity index (χ1) is 12.1. The summed E-state index contributed by atoms with van der Waals surface area (Å²) < 4.78 is 5.58. The highest BCUT2D eigenvalue weighted by Crippen LogP contribution is 2.21. The van der Waals surface area contributed by atoms with Crippen molar-refractivity contribution in [3.05, 3.63) is 29.8 Å². The lowest BCUT2D eigenvalue weighted by Gasteiger charge is -2.28. The lowest BCUT2D eigenvalue weighted by molar-refractivity contribution is 0.0725. The number of nitrogens with one attached hydrogen (secondary N) is 1. The maximum atomic E-state index is 12.8. The summed E-state index contributed by atoms with van der Waals surface area (Å²) >= 11 is 0. The highest BCUT2D eigenvalue weighted by Gasteiger charge is 2.23. The lowest BCUT2D eigenvalue weighted by atomic mass is 10.1. The van der Waals surface area contributed by atoms with Crippen LogP contribution in [0.1, 0.15) is 42.5 Å². The summed E-state index contributed by atoms with van der Waals surface area (Å²) in [6, 6.07) is 7.03. The van der Waals surface area contributed by atoms with Crippen molar-refractivity contribution in [2.24, 2.45) is 0 Å². The molecule has 1 N–H and O–H groups in total. The number of benzene rings is 1. The second-order valence-corrected chi connectivity index (χ2v) is 6.84. The summed E-state index contributed by atoms with van der Waals surface area (Å²) in [5.41, 5.74) is 1.13. The third kappa shape index (κ3) is 4.51. The molecule has 6 heteroatoms. The fourth-order valence-corrected chi connectivity index (χ4v) is 3.43. The quantitative estimate of drug-likeness (QED) is 0.912. The average Bonchev–Trinajstić information content (AvgIpc) is 3.15. The molecule has 0 spiro atoms. The molecule has 3 rings (SSSR count). The van der Waals surface area contributed by atoms with Crippen LogP contribution in [0.3, 0.4) is 0 Å². The maximum absolute atomic E-state index is 12.8. The molecule has 136 valence electrons. The Balaban J connectivity index is 1.65. The third-order valence-corrected chi connectivity index (χ3v) is 4.89. The third-order valence-electron chi connectivity index (χ3n) is 4.89. The topological polar surface area (TPSA) is 61.9 Å². The van der Waals surface area contributed by atoms with E-state index >= 15 is 0 Å². The summed E-state index contributed by atoms with van der Waals surface area (Å²) in [5, 5.41) is 2.89. The molecule has 6 nitrogen and oxygen atoms in total. The van der Waals surface area contributed by atoms with Gasteiger partial charge in [0.15, 0.2) is 0 Å². The second kappa shape index (κ2) is 8.34. The van der Waals surface area contributed by atoms with E-state index in [9.17, 15) is 9.59 Å². The molecular formula is C19H27N3O3. The van der Waals surface area contributed by atoms with Gasteiger partial charge in [0, 0.05) is 33.3 Å². The monoisotopic (exact) mass is 345 g/mol. The van der Waals surface area contributed by atoms with Crippen LogP contribution in [-0.2, 0) is 4.74 Å². The molecule has 2 fully saturated rings. The van der Waals surface area contributed by atoms with Crippen LogP contribution in [0.4, 0.5) is 10.5 Å². The van der Waals surface area contributed by atoms with E-state index in [1.54, 1.807) is 24.1 Å². The van der Waals surface area contributed by atoms with E-state index in [0.29, 0.717) is 17.8 Å². The predicted octanol–water partition coefficient (Wildman–Crippen LogP) is 2.96. The van der Waals surface area contributed by atoms with E-state index < -0.39 is 0 Å². The van der Waals surface area contributed by atoms with Gasteiger partial charge in [0.25, 0.3) is 5.91 Å². The summed E-state index contributed by atoms with van der Waals surface area (Å²) in [6.45, 7) is 2.92. The molecule has 0 aromatic heterocycles. The minimum Gasteiger partial charge on any atom is -0.376 e. The Morgan fingerprint density at radius 2 is 1.96 bits per heavy atom. The Bertz CT molecular complexity index is 608. The lowest BCUT2D eigenvalue weighted by Crippen LogP contribution is -2.38. The van der Waals surface area contributed by atoms with Crippen molar-refractivity contribution < 1.29 is 14.3 Å². The van der Waals surface area contributed by atoms with Gasteiger partial charge >= 0.3 is 6.03 Å². The molecule has 3 amide bonds. The van der Waals surface area contributed by atoms with Gasteiger partial charge in [0.05, 0.1) is 17.4 Å². The zero-order valence-corrected chi connectivity index (χ0v) is 14.9. The number of urea groups is 1. The number of nitrogens with zero attached hydrogens (tertiary/aromatic N) is 2. The Hall–Kier alpha value is -2.08. The molecule has 2 aliphatic rings. The Morgan fingerprint density at radius 1 is 1.20 bits per heavy atom. The van der Waals surface area contributed by atoms with Crippen LogP contribution < -0.4 is 5.32 Å². The van der Waals surface area contributed by atoms with Crippen molar-refractivity contribution >= 4 is 17.6 Å². The molecule has 1 aromatic rings. The van der Waals surface area contributed by atoms with Crippen molar-refractivity contribution in [3.8, 4) is 0 Å². The van der Waals surface area contributed by atoms with Gasteiger partial charge in [0.1, 0.15) is 0 Å². The molecule has 2 saturated heterocycles. The summed E-state index contributed by atoms with van der Waals surface area (Å²) in [6.07, 6.45) is 5.42. The zero-order valence-electron chi connectivity index (χ0n) is 14.9. The number of hydrogen-bond acceptors (Lipinski definition) is 3. The number of anilines is 1. The maximum Gasteiger partial charge on any atom is 0.321 e. The van der Waals surface area contributed by atoms with Gasteiger partial charge in [0.2, 0.25) is 0 Å². The van der Waals surface area contributed by atoms with Gasteiger partial charge in [-0.2, -0.15) is 0 Å². The number of piperidine rings is 1. The van der Waals surface area contributed by atoms with Crippen LogP contribution in [-0.4, -0.2) is 61.1 Å². The highest BCUT2D eigenvalue weighted by atomic mass is 16.5. The molecule has 1 atom stereocenters. The number of amides is 3. The number of likely N-dealkylation sites (N-methyl/N-ethyl adjacent to an activating group) is 1. The number of likely N-dealkylation sites (tertiary alicyclic amines) is 1. The summed E-state index contributed by atoms with van der Waals surface area (Å²) in [7, 11) is 1.76. The summed E-state index contributed by atoms with van der Waals surface area (Å²) in [5.74, 6) is -0.00243. The average molecular weight is 345 g/mol. The SMILES string of the molecule is CN(C[C@H]1CCCO1)C(=O)Nc1ccccc1C(=O)N1CCCCC1. The normalized spacial score (nSPS) is 20.4. The smallest absolute Gasteiger partial charge is 0.321 e. The van der Waals surface area contributed by atoms with Crippen LogP contribution in [0.2, 0.25) is 0 Å². The number of carbonyl (C=O) groups excluding carboxylic acids is 2. The van der Waals surface area contributed by atoms with E-state index in [0.717, 1.165) is 45.4 Å². The molecule has 0 radical (unpaired) electrons. The van der Waals surface area contributed by atoms with Gasteiger partial charge in [-0.05, 0) is 44.2 Å². The van der Waals surface area contributed by atoms with Gasteiger partial charge < -0.3 is 19.9 Å². The van der Waals surface area contributed by atoms with Crippen LogP contribution >= 0.6 is 0 Å². The Morgan fingerprint density at radius 3 is 2.68 bits per heavy atom. The molecule has 0 aliphatic carbocycles. The first kappa shape index (κ1) is 17.7. The van der Waals surface area contributed by atoms with Crippen LogP contribution in [0.5, 0.6) is 0 Å². The summed E-state index contributed by atoms with van der Waals surface area (Å²) in [4.78, 5) is 28.8. The zero-order chi connectivity index (χ0) is 17.6. The van der Waals surface area contributed by atoms with Crippen LogP contribution in [0, 0.1) is 0 Å². The number of hydrogen-bond donors (Lipinski definition) is 1. The largest absolute Gasteiger partial charge is 0.376 e. The van der Waals surface area contributed by atoms with E-state index in [1.165, 1.54) is 6.42 Å². The van der Waals surface area contributed by atoms with Crippen molar-refractivity contribution in [2.45, 2.75) is 38.2 Å². The molecule has 2 heterocycles. The molecule has 0 saturated carbocycles. The highest BCUT2D eigenvalue weighted by molar-refractivity contribution is 6.03. The van der Waals surface area contributed by atoms with E-state index in [1.807, 2.05) is 17.0 Å². The first-order valence-corrected chi connectivity index (χ1v) is 9.17. The number of ether oxygens (including phenoxy) is 1. The standard InChI is InChI=1S/C19H27N3O3/c1-21(14-15-8-7-13-25-15)19(24)20-17-10-4-3-9-16(17)18(23)22-11-5-2-6-12-22/h3-4,9-10,15H,2,5-8,11-14H2,1H3,(H,20,24)/t15-/m1/s1. The van der Waals surface area contributed by atoms with Gasteiger partial charge in [-0.3, -0.25) is 4.79 Å². The molecule has 0 unspecified atom stereocenters. The van der Waals surface area contributed by atoms with E-state index in [4.69, 9.17) is 4.74 Å². The van der Waals surface area contributed by atoms with Crippen LogP contribution in [0.15, 0.2) is 24.3 Å². The Labute approximate surface area is 149 Å². The van der Waals surface area contributed by atoms with Crippen molar-refractivity contribution in [1.29, 1.82) is 0 Å². The number of para-hydroxylation sites is 1. The predicted molar refractivity (Wildman–Crippen MR) is 96.8 cm³/mol. The fraction of sp³-hybridized carbons (Fsp3) is 0.579. The van der Waals surface area contributed by atoms with Gasteiger partial charge in [-0.25, -0.2) is 4.79 Å². The molecule has 0 bridgehead atoms. The second-order valence-electron chi connectivity index (χ2n) is 6.84. The fourth-order valence-electron chi connectivity index (χ4n) is 3.43. The Kier molecular flexibility index (Phi) is 5.91. The van der Waals surface area contributed by atoms with Gasteiger partial charge in [-0.15, -0.1) is 0 Å². The minimum absolute atomic E-state index is 0.00243. The van der Waals surface area contributed by atoms with Crippen molar-refractivity contribution in [2.75, 3.05) is 38.6 Å². The van der Waals surface area contributed by atoms with Crippen molar-refractivity contribution in [3.63, 3.8) is 0 Å². The van der Waals surface area contributed by atoms with Crippen LogP contribution in [0.25, 0.3) is 0 Å². The molecule has 2 aliphatic heterocycles. The molecular weight excluding hydrogens is 318 g/mol. The van der Waals surface area contributed by atoms with E-state index in [-0.39, 0.29) is 18.0 Å². The molecule has 1 aromatic carbocycles. The van der Waals surface area contributed by atoms with Crippen molar-refractivity contribution in [1.82, 2.24) is 9.80 Å².